The molecule has 0 aromatic heterocycles. The number of esters is 1. The Kier molecular flexibility index (Phi) is 7.09. The molecule has 3 rings (SSSR count). The number of amides is 2. The van der Waals surface area contributed by atoms with Gasteiger partial charge in [-0.1, -0.05) is 18.2 Å². The van der Waals surface area contributed by atoms with E-state index in [-0.39, 0.29) is 6.61 Å². The van der Waals surface area contributed by atoms with Crippen molar-refractivity contribution in [2.45, 2.75) is 13.0 Å². The molecule has 2 amide bonds. The molecule has 9 heteroatoms. The topological polar surface area (TPSA) is 112 Å². The minimum Gasteiger partial charge on any atom is -0.486 e. The summed E-state index contributed by atoms with van der Waals surface area (Å²) in [6, 6.07) is 12.9. The number of benzene rings is 2. The number of nitrogens with one attached hydrogen (secondary N) is 2. The van der Waals surface area contributed by atoms with Gasteiger partial charge in [-0.2, -0.15) is 0 Å². The summed E-state index contributed by atoms with van der Waals surface area (Å²) in [6.45, 7) is 1.63. The minimum absolute atomic E-state index is 0.244. The Bertz CT molecular complexity index is 901. The smallest absolute Gasteiger partial charge is 0.328 e. The highest BCUT2D eigenvalue weighted by atomic mass is 16.6. The number of ether oxygens (including phenoxy) is 4. The SMILES string of the molecule is C[C@H](NC(=O)COc1ccccc1)C(=O)OCC(=O)Nc1ccc2c(c1)OCCO2. The summed E-state index contributed by atoms with van der Waals surface area (Å²) >= 11 is 0. The van der Waals surface area contributed by atoms with Gasteiger partial charge in [-0.25, -0.2) is 4.79 Å². The Balaban J connectivity index is 1.38. The average molecular weight is 414 g/mol. The third kappa shape index (κ3) is 6.13. The average Bonchev–Trinajstić information content (AvgIpc) is 2.76. The van der Waals surface area contributed by atoms with Crippen LogP contribution in [0.2, 0.25) is 0 Å². The molecule has 158 valence electrons. The summed E-state index contributed by atoms with van der Waals surface area (Å²) in [6.07, 6.45) is 0. The number of hydrogen-bond donors (Lipinski definition) is 2. The third-order valence-electron chi connectivity index (χ3n) is 4.02. The predicted octanol–water partition coefficient (Wildman–Crippen LogP) is 1.52. The number of anilines is 1. The highest BCUT2D eigenvalue weighted by molar-refractivity contribution is 5.93. The molecule has 9 nitrogen and oxygen atoms in total. The van der Waals surface area contributed by atoms with Gasteiger partial charge in [0.25, 0.3) is 11.8 Å². The molecule has 0 radical (unpaired) electrons. The van der Waals surface area contributed by atoms with E-state index in [2.05, 4.69) is 10.6 Å². The van der Waals surface area contributed by atoms with Crippen LogP contribution >= 0.6 is 0 Å². The second-order valence-corrected chi connectivity index (χ2v) is 6.41. The van der Waals surface area contributed by atoms with Crippen molar-refractivity contribution in [2.75, 3.05) is 31.7 Å². The van der Waals surface area contributed by atoms with Crippen LogP contribution in [0.1, 0.15) is 6.92 Å². The zero-order chi connectivity index (χ0) is 21.3. The molecule has 0 fully saturated rings. The van der Waals surface area contributed by atoms with Crippen molar-refractivity contribution in [1.29, 1.82) is 0 Å². The van der Waals surface area contributed by atoms with Crippen molar-refractivity contribution in [2.24, 2.45) is 0 Å². The van der Waals surface area contributed by atoms with Gasteiger partial charge in [0.05, 0.1) is 0 Å². The number of fused-ring (bicyclic) bond motifs is 1. The molecule has 1 aliphatic heterocycles. The van der Waals surface area contributed by atoms with E-state index in [0.717, 1.165) is 0 Å². The number of carbonyl (C=O) groups excluding carboxylic acids is 3. The maximum Gasteiger partial charge on any atom is 0.328 e. The molecule has 0 unspecified atom stereocenters. The lowest BCUT2D eigenvalue weighted by Gasteiger charge is -2.19. The minimum atomic E-state index is -0.932. The van der Waals surface area contributed by atoms with Crippen molar-refractivity contribution in [3.63, 3.8) is 0 Å². The van der Waals surface area contributed by atoms with Gasteiger partial charge < -0.3 is 29.6 Å². The maximum absolute atomic E-state index is 12.0. The maximum atomic E-state index is 12.0. The van der Waals surface area contributed by atoms with Crippen molar-refractivity contribution < 1.29 is 33.3 Å². The van der Waals surface area contributed by atoms with E-state index in [4.69, 9.17) is 18.9 Å². The lowest BCUT2D eigenvalue weighted by molar-refractivity contribution is -0.150. The van der Waals surface area contributed by atoms with E-state index < -0.39 is 30.4 Å². The van der Waals surface area contributed by atoms with E-state index in [1.165, 1.54) is 6.92 Å². The van der Waals surface area contributed by atoms with Gasteiger partial charge in [-0.3, -0.25) is 9.59 Å². The molecule has 1 atom stereocenters. The quantitative estimate of drug-likeness (QED) is 0.630. The molecule has 0 saturated carbocycles. The van der Waals surface area contributed by atoms with Crippen LogP contribution in [0.15, 0.2) is 48.5 Å². The molecular formula is C21H22N2O7. The number of carbonyl (C=O) groups is 3. The molecular weight excluding hydrogens is 392 g/mol. The molecule has 0 bridgehead atoms. The van der Waals surface area contributed by atoms with Crippen molar-refractivity contribution in [1.82, 2.24) is 5.32 Å². The lowest BCUT2D eigenvalue weighted by atomic mass is 10.2. The molecule has 2 aromatic carbocycles. The van der Waals surface area contributed by atoms with Crippen LogP contribution in [-0.4, -0.2) is 50.3 Å². The van der Waals surface area contributed by atoms with Crippen LogP contribution in [0.25, 0.3) is 0 Å². The van der Waals surface area contributed by atoms with Gasteiger partial charge in [0, 0.05) is 11.8 Å². The summed E-state index contributed by atoms with van der Waals surface area (Å²) in [5, 5.41) is 5.06. The van der Waals surface area contributed by atoms with Crippen molar-refractivity contribution in [3.05, 3.63) is 48.5 Å². The van der Waals surface area contributed by atoms with Gasteiger partial charge >= 0.3 is 5.97 Å². The highest BCUT2D eigenvalue weighted by Crippen LogP contribution is 2.32. The third-order valence-corrected chi connectivity index (χ3v) is 4.02. The summed E-state index contributed by atoms with van der Waals surface area (Å²) in [5.74, 6) is -0.0642. The molecule has 30 heavy (non-hydrogen) atoms. The first kappa shape index (κ1) is 21.0. The lowest BCUT2D eigenvalue weighted by Crippen LogP contribution is -2.42. The molecule has 1 aliphatic rings. The van der Waals surface area contributed by atoms with Crippen LogP contribution in [-0.2, 0) is 19.1 Å². The zero-order valence-electron chi connectivity index (χ0n) is 16.4. The van der Waals surface area contributed by atoms with Crippen LogP contribution in [0.4, 0.5) is 5.69 Å². The Morgan fingerprint density at radius 3 is 2.47 bits per heavy atom. The summed E-state index contributed by atoms with van der Waals surface area (Å²) < 4.78 is 21.1. The van der Waals surface area contributed by atoms with E-state index in [9.17, 15) is 14.4 Å². The normalized spacial score (nSPS) is 13.0. The Morgan fingerprint density at radius 2 is 1.70 bits per heavy atom. The Morgan fingerprint density at radius 1 is 0.967 bits per heavy atom. The molecule has 0 spiro atoms. The first-order valence-corrected chi connectivity index (χ1v) is 9.34. The van der Waals surface area contributed by atoms with Gasteiger partial charge in [-0.15, -0.1) is 0 Å². The van der Waals surface area contributed by atoms with E-state index in [1.54, 1.807) is 42.5 Å². The van der Waals surface area contributed by atoms with E-state index >= 15 is 0 Å². The van der Waals surface area contributed by atoms with Crippen LogP contribution in [0, 0.1) is 0 Å². The van der Waals surface area contributed by atoms with Crippen molar-refractivity contribution in [3.8, 4) is 17.2 Å². The molecule has 0 aliphatic carbocycles. The van der Waals surface area contributed by atoms with E-state index in [0.29, 0.717) is 36.1 Å². The van der Waals surface area contributed by atoms with E-state index in [1.807, 2.05) is 6.07 Å². The van der Waals surface area contributed by atoms with Gasteiger partial charge in [-0.05, 0) is 31.2 Å². The van der Waals surface area contributed by atoms with Gasteiger partial charge in [0.1, 0.15) is 25.0 Å². The molecule has 1 heterocycles. The second-order valence-electron chi connectivity index (χ2n) is 6.41. The second kappa shape index (κ2) is 10.1. The monoisotopic (exact) mass is 414 g/mol. The van der Waals surface area contributed by atoms with Crippen LogP contribution in [0.5, 0.6) is 17.2 Å². The fourth-order valence-electron chi connectivity index (χ4n) is 2.59. The molecule has 0 saturated heterocycles. The summed E-state index contributed by atoms with van der Waals surface area (Å²) in [4.78, 5) is 35.9. The fraction of sp³-hybridized carbons (Fsp3) is 0.286. The number of rotatable bonds is 8. The Labute approximate surface area is 173 Å². The predicted molar refractivity (Wildman–Crippen MR) is 107 cm³/mol. The Hall–Kier alpha value is -3.75. The van der Waals surface area contributed by atoms with Crippen LogP contribution in [0.3, 0.4) is 0 Å². The molecule has 2 aromatic rings. The number of para-hydroxylation sites is 1. The molecule has 2 N–H and O–H groups in total. The summed E-state index contributed by atoms with van der Waals surface area (Å²) in [7, 11) is 0. The largest absolute Gasteiger partial charge is 0.486 e. The highest BCUT2D eigenvalue weighted by Gasteiger charge is 2.19. The number of hydrogen-bond acceptors (Lipinski definition) is 7. The van der Waals surface area contributed by atoms with Gasteiger partial charge in [0.15, 0.2) is 24.7 Å². The first-order chi connectivity index (χ1) is 14.5. The van der Waals surface area contributed by atoms with Crippen LogP contribution < -0.4 is 24.8 Å². The van der Waals surface area contributed by atoms with Crippen molar-refractivity contribution >= 4 is 23.5 Å². The fourth-order valence-corrected chi connectivity index (χ4v) is 2.59. The standard InChI is InChI=1S/C21H22N2O7/c1-14(22-19(24)12-29-16-5-3-2-4-6-16)21(26)30-13-20(25)23-15-7-8-17-18(11-15)28-10-9-27-17/h2-8,11,14H,9-10,12-13H2,1H3,(H,22,24)(H,23,25)/t14-/m0/s1. The summed E-state index contributed by atoms with van der Waals surface area (Å²) in [5.41, 5.74) is 0.486. The zero-order valence-corrected chi connectivity index (χ0v) is 16.4. The first-order valence-electron chi connectivity index (χ1n) is 9.34. The van der Waals surface area contributed by atoms with Gasteiger partial charge in [0.2, 0.25) is 0 Å².